The number of ether oxygens (including phenoxy) is 1. The van der Waals surface area contributed by atoms with Gasteiger partial charge in [-0.1, -0.05) is 26.2 Å². The first kappa shape index (κ1) is 12.4. The summed E-state index contributed by atoms with van der Waals surface area (Å²) in [5, 5.41) is 3.45. The fraction of sp³-hybridized carbons (Fsp3) is 1.00. The van der Waals surface area contributed by atoms with E-state index < -0.39 is 0 Å². The van der Waals surface area contributed by atoms with Gasteiger partial charge >= 0.3 is 0 Å². The molecule has 3 unspecified atom stereocenters. The zero-order valence-electron chi connectivity index (χ0n) is 10.7. The molecule has 0 aromatic heterocycles. The van der Waals surface area contributed by atoms with E-state index in [0.717, 1.165) is 12.5 Å². The molecule has 2 fully saturated rings. The molecule has 2 heteroatoms. The number of nitrogens with one attached hydrogen (secondary N) is 1. The van der Waals surface area contributed by atoms with Crippen molar-refractivity contribution in [2.24, 2.45) is 5.92 Å². The zero-order chi connectivity index (χ0) is 11.2. The molecule has 0 radical (unpaired) electrons. The van der Waals surface area contributed by atoms with Crippen molar-refractivity contribution in [3.8, 4) is 0 Å². The third kappa shape index (κ3) is 3.74. The standard InChI is InChI=1S/C14H27NO/c1-2-12-5-3-6-14(11-12)16-13-7-4-9-15-10-8-13/h12-15H,2-11H2,1H3. The van der Waals surface area contributed by atoms with Gasteiger partial charge in [-0.3, -0.25) is 0 Å². The quantitative estimate of drug-likeness (QED) is 0.797. The number of hydrogen-bond donors (Lipinski definition) is 1. The monoisotopic (exact) mass is 225 g/mol. The lowest BCUT2D eigenvalue weighted by molar-refractivity contribution is -0.0449. The number of hydrogen-bond acceptors (Lipinski definition) is 2. The molecule has 0 aromatic rings. The predicted octanol–water partition coefficient (Wildman–Crippen LogP) is 3.11. The SMILES string of the molecule is CCC1CCCC(OC2CCCNCC2)C1. The maximum atomic E-state index is 6.30. The van der Waals surface area contributed by atoms with Crippen LogP contribution in [0.25, 0.3) is 0 Å². The summed E-state index contributed by atoms with van der Waals surface area (Å²) in [6.45, 7) is 4.65. The van der Waals surface area contributed by atoms with Gasteiger partial charge in [0, 0.05) is 0 Å². The maximum absolute atomic E-state index is 6.30. The average Bonchev–Trinajstić information content (AvgIpc) is 2.58. The highest BCUT2D eigenvalue weighted by Gasteiger charge is 2.24. The molecule has 94 valence electrons. The Morgan fingerprint density at radius 3 is 2.75 bits per heavy atom. The van der Waals surface area contributed by atoms with E-state index in [1.165, 1.54) is 57.9 Å². The largest absolute Gasteiger partial charge is 0.375 e. The lowest BCUT2D eigenvalue weighted by atomic mass is 9.85. The molecule has 1 aliphatic carbocycles. The maximum Gasteiger partial charge on any atom is 0.0591 e. The van der Waals surface area contributed by atoms with Crippen LogP contribution in [0.4, 0.5) is 0 Å². The first-order valence-corrected chi connectivity index (χ1v) is 7.24. The van der Waals surface area contributed by atoms with Crippen LogP contribution in [-0.2, 0) is 4.74 Å². The lowest BCUT2D eigenvalue weighted by Gasteiger charge is -2.31. The third-order valence-electron chi connectivity index (χ3n) is 4.22. The summed E-state index contributed by atoms with van der Waals surface area (Å²) in [5.41, 5.74) is 0. The first-order chi connectivity index (χ1) is 7.88. The van der Waals surface area contributed by atoms with Crippen molar-refractivity contribution in [2.75, 3.05) is 13.1 Å². The normalized spacial score (nSPS) is 36.9. The molecular formula is C14H27NO. The molecule has 1 N–H and O–H groups in total. The summed E-state index contributed by atoms with van der Waals surface area (Å²) in [6, 6.07) is 0. The van der Waals surface area contributed by atoms with E-state index in [1.807, 2.05) is 0 Å². The second-order valence-corrected chi connectivity index (χ2v) is 5.50. The van der Waals surface area contributed by atoms with E-state index in [0.29, 0.717) is 12.2 Å². The summed E-state index contributed by atoms with van der Waals surface area (Å²) in [6.07, 6.45) is 11.7. The fourth-order valence-corrected chi connectivity index (χ4v) is 3.13. The minimum atomic E-state index is 0.538. The molecule has 0 spiro atoms. The van der Waals surface area contributed by atoms with E-state index in [4.69, 9.17) is 4.74 Å². The highest BCUT2D eigenvalue weighted by molar-refractivity contribution is 4.75. The molecule has 1 aliphatic heterocycles. The van der Waals surface area contributed by atoms with Crippen molar-refractivity contribution < 1.29 is 4.74 Å². The summed E-state index contributed by atoms with van der Waals surface area (Å²) in [5.74, 6) is 0.933. The van der Waals surface area contributed by atoms with Gasteiger partial charge in [0.25, 0.3) is 0 Å². The molecular weight excluding hydrogens is 198 g/mol. The Hall–Kier alpha value is -0.0800. The third-order valence-corrected chi connectivity index (χ3v) is 4.22. The van der Waals surface area contributed by atoms with Gasteiger partial charge in [0.15, 0.2) is 0 Å². The van der Waals surface area contributed by atoms with Gasteiger partial charge < -0.3 is 10.1 Å². The van der Waals surface area contributed by atoms with Gasteiger partial charge in [-0.25, -0.2) is 0 Å². The van der Waals surface area contributed by atoms with Gasteiger partial charge in [0.1, 0.15) is 0 Å². The van der Waals surface area contributed by atoms with E-state index in [9.17, 15) is 0 Å². The van der Waals surface area contributed by atoms with Crippen molar-refractivity contribution in [3.05, 3.63) is 0 Å². The van der Waals surface area contributed by atoms with Crippen LogP contribution in [-0.4, -0.2) is 25.3 Å². The molecule has 1 heterocycles. The van der Waals surface area contributed by atoms with Crippen molar-refractivity contribution >= 4 is 0 Å². The van der Waals surface area contributed by atoms with E-state index >= 15 is 0 Å². The van der Waals surface area contributed by atoms with Crippen molar-refractivity contribution in [2.45, 2.75) is 70.5 Å². The minimum absolute atomic E-state index is 0.538. The summed E-state index contributed by atoms with van der Waals surface area (Å²) in [7, 11) is 0. The summed E-state index contributed by atoms with van der Waals surface area (Å²) >= 11 is 0. The minimum Gasteiger partial charge on any atom is -0.375 e. The lowest BCUT2D eigenvalue weighted by Crippen LogP contribution is -2.28. The van der Waals surface area contributed by atoms with Crippen molar-refractivity contribution in [3.63, 3.8) is 0 Å². The second-order valence-electron chi connectivity index (χ2n) is 5.50. The van der Waals surface area contributed by atoms with Gasteiger partial charge in [0.2, 0.25) is 0 Å². The highest BCUT2D eigenvalue weighted by Crippen LogP contribution is 2.30. The smallest absolute Gasteiger partial charge is 0.0591 e. The zero-order valence-corrected chi connectivity index (χ0v) is 10.7. The topological polar surface area (TPSA) is 21.3 Å². The molecule has 1 saturated heterocycles. The Balaban J connectivity index is 1.74. The van der Waals surface area contributed by atoms with Gasteiger partial charge in [-0.2, -0.15) is 0 Å². The Labute approximate surface area is 100 Å². The average molecular weight is 225 g/mol. The molecule has 1 saturated carbocycles. The molecule has 0 amide bonds. The Morgan fingerprint density at radius 2 is 1.88 bits per heavy atom. The van der Waals surface area contributed by atoms with Crippen LogP contribution in [0.1, 0.15) is 58.3 Å². The predicted molar refractivity (Wildman–Crippen MR) is 67.6 cm³/mol. The van der Waals surface area contributed by atoms with E-state index in [2.05, 4.69) is 12.2 Å². The van der Waals surface area contributed by atoms with Crippen molar-refractivity contribution in [1.29, 1.82) is 0 Å². The van der Waals surface area contributed by atoms with Crippen LogP contribution >= 0.6 is 0 Å². The van der Waals surface area contributed by atoms with Crippen LogP contribution in [0.3, 0.4) is 0 Å². The molecule has 2 rings (SSSR count). The molecule has 0 bridgehead atoms. The molecule has 2 nitrogen and oxygen atoms in total. The van der Waals surface area contributed by atoms with Gasteiger partial charge in [-0.15, -0.1) is 0 Å². The Kier molecular flexibility index (Phi) is 5.11. The highest BCUT2D eigenvalue weighted by atomic mass is 16.5. The van der Waals surface area contributed by atoms with Crippen LogP contribution in [0.15, 0.2) is 0 Å². The van der Waals surface area contributed by atoms with Crippen LogP contribution in [0, 0.1) is 5.92 Å². The first-order valence-electron chi connectivity index (χ1n) is 7.24. The van der Waals surface area contributed by atoms with Crippen molar-refractivity contribution in [1.82, 2.24) is 5.32 Å². The molecule has 16 heavy (non-hydrogen) atoms. The molecule has 2 aliphatic rings. The van der Waals surface area contributed by atoms with Crippen LogP contribution < -0.4 is 5.32 Å². The Bertz CT molecular complexity index is 187. The summed E-state index contributed by atoms with van der Waals surface area (Å²) in [4.78, 5) is 0. The van der Waals surface area contributed by atoms with Gasteiger partial charge in [-0.05, 0) is 51.1 Å². The van der Waals surface area contributed by atoms with Crippen LogP contribution in [0.5, 0.6) is 0 Å². The molecule has 0 aromatic carbocycles. The van der Waals surface area contributed by atoms with E-state index in [1.54, 1.807) is 0 Å². The van der Waals surface area contributed by atoms with Gasteiger partial charge in [0.05, 0.1) is 12.2 Å². The summed E-state index contributed by atoms with van der Waals surface area (Å²) < 4.78 is 6.30. The molecule has 3 atom stereocenters. The van der Waals surface area contributed by atoms with E-state index in [-0.39, 0.29) is 0 Å². The second kappa shape index (κ2) is 6.61. The fourth-order valence-electron chi connectivity index (χ4n) is 3.13. The Morgan fingerprint density at radius 1 is 1.00 bits per heavy atom. The van der Waals surface area contributed by atoms with Crippen LogP contribution in [0.2, 0.25) is 0 Å². The number of rotatable bonds is 3.